The zero-order chi connectivity index (χ0) is 42.2. The van der Waals surface area contributed by atoms with Crippen LogP contribution < -0.4 is 31.1 Å². The van der Waals surface area contributed by atoms with Gasteiger partial charge in [-0.25, -0.2) is 9.97 Å². The minimum Gasteiger partial charge on any atom is -0.369 e. The minimum absolute atomic E-state index is 0. The van der Waals surface area contributed by atoms with E-state index in [0.29, 0.717) is 11.9 Å². The maximum Gasteiger partial charge on any atom is 0.229 e. The van der Waals surface area contributed by atoms with Gasteiger partial charge in [-0.15, -0.1) is 0 Å². The monoisotopic (exact) mass is 857 g/mol. The third-order valence-electron chi connectivity index (χ3n) is 11.1. The normalized spacial score (nSPS) is 14.1. The van der Waals surface area contributed by atoms with Crippen LogP contribution in [0.2, 0.25) is 5.02 Å². The van der Waals surface area contributed by atoms with Crippen LogP contribution in [0.15, 0.2) is 97.3 Å². The molecule has 0 atom stereocenters. The summed E-state index contributed by atoms with van der Waals surface area (Å²) in [5.74, 6) is 2.72. The van der Waals surface area contributed by atoms with E-state index in [-0.39, 0.29) is 14.9 Å². The number of nitrogens with one attached hydrogen (secondary N) is 4. The van der Waals surface area contributed by atoms with Crippen molar-refractivity contribution in [3.8, 4) is 0 Å². The van der Waals surface area contributed by atoms with E-state index in [0.717, 1.165) is 108 Å². The minimum atomic E-state index is 0. The average molecular weight is 858 g/mol. The Labute approximate surface area is 374 Å². The van der Waals surface area contributed by atoms with Gasteiger partial charge in [0.1, 0.15) is 11.6 Å². The summed E-state index contributed by atoms with van der Waals surface area (Å²) in [6.45, 7) is 18.9. The molecule has 2 fully saturated rings. The lowest BCUT2D eigenvalue weighted by Gasteiger charge is -2.34. The highest BCUT2D eigenvalue weighted by Crippen LogP contribution is 2.28. The summed E-state index contributed by atoms with van der Waals surface area (Å²) in [6, 6.07) is 29.1. The van der Waals surface area contributed by atoms with Crippen LogP contribution in [0.4, 0.5) is 57.7 Å². The summed E-state index contributed by atoms with van der Waals surface area (Å²) in [5, 5.41) is 14.2. The van der Waals surface area contributed by atoms with Crippen molar-refractivity contribution < 1.29 is 0 Å². The van der Waals surface area contributed by atoms with Crippen LogP contribution in [0.25, 0.3) is 0 Å². The largest absolute Gasteiger partial charge is 0.369 e. The molecule has 0 unspecified atom stereocenters. The fourth-order valence-electron chi connectivity index (χ4n) is 7.01. The second-order valence-corrected chi connectivity index (χ2v) is 16.3. The number of hydrogen-bond acceptors (Lipinski definition) is 12. The standard InChI is InChI=1S/C24H30N6.C23H27ClN6.2CH4/c1-17-5-6-21(15-18(17)2)26-23-19(3)16-25-24(28-23)27-20-7-9-22(10-8-20)30-13-11-29(4)12-14-30;1-16-14-18(24)4-9-21(16)27-22-17(2)15-25-23(28-22)26-19-5-7-20(8-6-19)30-12-10-29(3)11-13-30;;/h5-10,15-16H,11-14H2,1-4H3,(H2,25,26,27,28);4-9,14-15H,10-13H2,1-3H3,(H2,25,26,27,28);2*1H4. The Morgan fingerprint density at radius 1 is 0.452 bits per heavy atom. The number of hydrogen-bond donors (Lipinski definition) is 4. The van der Waals surface area contributed by atoms with Gasteiger partial charge in [-0.2, -0.15) is 9.97 Å². The molecule has 2 aliphatic rings. The third-order valence-corrected chi connectivity index (χ3v) is 11.4. The van der Waals surface area contributed by atoms with E-state index < -0.39 is 0 Å². The Balaban J connectivity index is 0.000000227. The Hall–Kier alpha value is -5.95. The Morgan fingerprint density at radius 2 is 0.903 bits per heavy atom. The fourth-order valence-corrected chi connectivity index (χ4v) is 7.23. The second kappa shape index (κ2) is 21.7. The Morgan fingerprint density at radius 3 is 1.35 bits per heavy atom. The Kier molecular flexibility index (Phi) is 16.5. The second-order valence-electron chi connectivity index (χ2n) is 15.9. The van der Waals surface area contributed by atoms with Crippen molar-refractivity contribution in [2.45, 2.75) is 49.5 Å². The predicted molar refractivity (Wildman–Crippen MR) is 265 cm³/mol. The number of aromatic nitrogens is 4. The molecule has 0 bridgehead atoms. The van der Waals surface area contributed by atoms with Gasteiger partial charge in [0, 0.05) is 115 Å². The lowest BCUT2D eigenvalue weighted by atomic mass is 10.1. The van der Waals surface area contributed by atoms with Gasteiger partial charge in [-0.1, -0.05) is 32.5 Å². The summed E-state index contributed by atoms with van der Waals surface area (Å²) in [4.78, 5) is 27.8. The molecular weight excluding hydrogens is 792 g/mol. The first-order chi connectivity index (χ1) is 28.9. The molecule has 2 aliphatic heterocycles. The topological polar surface area (TPSA) is 113 Å². The highest BCUT2D eigenvalue weighted by Gasteiger charge is 2.16. The molecule has 328 valence electrons. The molecule has 8 rings (SSSR count). The molecule has 12 nitrogen and oxygen atoms in total. The van der Waals surface area contributed by atoms with E-state index in [1.54, 1.807) is 0 Å². The number of benzene rings is 4. The zero-order valence-electron chi connectivity index (χ0n) is 35.9. The first-order valence-electron chi connectivity index (χ1n) is 20.6. The highest BCUT2D eigenvalue weighted by molar-refractivity contribution is 6.30. The molecule has 2 saturated heterocycles. The van der Waals surface area contributed by atoms with Gasteiger partial charge >= 0.3 is 0 Å². The van der Waals surface area contributed by atoms with E-state index >= 15 is 0 Å². The van der Waals surface area contributed by atoms with E-state index in [4.69, 9.17) is 11.6 Å². The van der Waals surface area contributed by atoms with Crippen molar-refractivity contribution in [1.82, 2.24) is 29.7 Å². The molecule has 0 amide bonds. The van der Waals surface area contributed by atoms with E-state index in [1.807, 2.05) is 51.4 Å². The number of aryl methyl sites for hydroxylation is 5. The molecule has 6 aromatic rings. The number of rotatable bonds is 10. The van der Waals surface area contributed by atoms with Crippen molar-refractivity contribution in [3.63, 3.8) is 0 Å². The molecular formula is C49H65ClN12. The molecule has 0 aliphatic carbocycles. The molecule has 0 saturated carbocycles. The average Bonchev–Trinajstić information content (AvgIpc) is 3.24. The summed E-state index contributed by atoms with van der Waals surface area (Å²) in [5.41, 5.74) is 12.0. The van der Waals surface area contributed by atoms with Gasteiger partial charge in [0.05, 0.1) is 0 Å². The van der Waals surface area contributed by atoms with Crippen LogP contribution >= 0.6 is 11.6 Å². The summed E-state index contributed by atoms with van der Waals surface area (Å²) in [7, 11) is 4.35. The SMILES string of the molecule is C.C.Cc1cc(Cl)ccc1Nc1nc(Nc2ccc(N3CCN(C)CC3)cc2)ncc1C.Cc1ccc(Nc2nc(Nc3ccc(N4CCN(C)CC4)cc3)ncc2C)cc1C. The quantitative estimate of drug-likeness (QED) is 0.105. The number of nitrogens with zero attached hydrogens (tertiary/aromatic N) is 8. The number of halogens is 1. The van der Waals surface area contributed by atoms with Gasteiger partial charge in [-0.05, 0) is 144 Å². The molecule has 4 N–H and O–H groups in total. The first kappa shape index (κ1) is 47.1. The van der Waals surface area contributed by atoms with E-state index in [9.17, 15) is 0 Å². The van der Waals surface area contributed by atoms with Crippen LogP contribution in [0.1, 0.15) is 42.7 Å². The summed E-state index contributed by atoms with van der Waals surface area (Å²) in [6.07, 6.45) is 3.67. The van der Waals surface area contributed by atoms with Gasteiger partial charge in [0.25, 0.3) is 0 Å². The van der Waals surface area contributed by atoms with Gasteiger partial charge in [0.2, 0.25) is 11.9 Å². The molecule has 2 aromatic heterocycles. The van der Waals surface area contributed by atoms with Crippen molar-refractivity contribution in [3.05, 3.63) is 130 Å². The smallest absolute Gasteiger partial charge is 0.229 e. The van der Waals surface area contributed by atoms with E-state index in [2.05, 4.69) is 155 Å². The number of likely N-dealkylation sites (N-methyl/N-ethyl adjacent to an activating group) is 2. The molecule has 0 radical (unpaired) electrons. The van der Waals surface area contributed by atoms with Crippen molar-refractivity contribution in [1.29, 1.82) is 0 Å². The molecule has 0 spiro atoms. The molecule has 4 aromatic carbocycles. The maximum absolute atomic E-state index is 6.07. The van der Waals surface area contributed by atoms with Crippen molar-refractivity contribution in [2.24, 2.45) is 0 Å². The van der Waals surface area contributed by atoms with Crippen molar-refractivity contribution in [2.75, 3.05) is 97.5 Å². The zero-order valence-corrected chi connectivity index (χ0v) is 36.6. The fraction of sp³-hybridized carbons (Fsp3) is 0.347. The van der Waals surface area contributed by atoms with Crippen LogP contribution in [-0.4, -0.2) is 96.2 Å². The van der Waals surface area contributed by atoms with E-state index in [1.165, 1.54) is 22.5 Å². The summed E-state index contributed by atoms with van der Waals surface area (Å²) < 4.78 is 0. The predicted octanol–water partition coefficient (Wildman–Crippen LogP) is 10.9. The number of anilines is 10. The van der Waals surface area contributed by atoms with Crippen molar-refractivity contribution >= 4 is 69.3 Å². The highest BCUT2D eigenvalue weighted by atomic mass is 35.5. The first-order valence-corrected chi connectivity index (χ1v) is 21.0. The maximum atomic E-state index is 6.07. The third kappa shape index (κ3) is 12.6. The van der Waals surface area contributed by atoms with Crippen LogP contribution in [0.3, 0.4) is 0 Å². The molecule has 13 heteroatoms. The van der Waals surface area contributed by atoms with Gasteiger partial charge < -0.3 is 40.9 Å². The number of piperazine rings is 2. The van der Waals surface area contributed by atoms with Gasteiger partial charge in [-0.3, -0.25) is 0 Å². The van der Waals surface area contributed by atoms with Crippen LogP contribution in [-0.2, 0) is 0 Å². The van der Waals surface area contributed by atoms with Crippen LogP contribution in [0, 0.1) is 34.6 Å². The molecule has 62 heavy (non-hydrogen) atoms. The van der Waals surface area contributed by atoms with Crippen LogP contribution in [0.5, 0.6) is 0 Å². The lowest BCUT2D eigenvalue weighted by Crippen LogP contribution is -2.44. The Bertz CT molecular complexity index is 2350. The summed E-state index contributed by atoms with van der Waals surface area (Å²) >= 11 is 6.07. The lowest BCUT2D eigenvalue weighted by molar-refractivity contribution is 0.313. The van der Waals surface area contributed by atoms with Gasteiger partial charge in [0.15, 0.2) is 0 Å². The molecule has 4 heterocycles.